The lowest BCUT2D eigenvalue weighted by Crippen LogP contribution is -2.36. The molecule has 1 atom stereocenters. The number of nitrogens with zero attached hydrogens (tertiary/aromatic N) is 1. The van der Waals surface area contributed by atoms with E-state index < -0.39 is 22.0 Å². The number of aryl methyl sites for hydroxylation is 2. The summed E-state index contributed by atoms with van der Waals surface area (Å²) in [6, 6.07) is 10.2. The molecule has 0 spiro atoms. The Balaban J connectivity index is 1.80. The SMILES string of the molecule is Cc1cccc(NC(=O)CN(C)S(=O)(=O)c2cc3c(cc2C)NC(=O)[C@H](C)O3)c1. The van der Waals surface area contributed by atoms with Gasteiger partial charge in [-0.3, -0.25) is 9.59 Å². The fourth-order valence-electron chi connectivity index (χ4n) is 3.00. The zero-order valence-electron chi connectivity index (χ0n) is 16.6. The summed E-state index contributed by atoms with van der Waals surface area (Å²) in [6.45, 7) is 4.75. The van der Waals surface area contributed by atoms with Crippen LogP contribution >= 0.6 is 0 Å². The molecule has 9 heteroatoms. The number of hydrogen-bond donors (Lipinski definition) is 2. The van der Waals surface area contributed by atoms with E-state index in [-0.39, 0.29) is 23.1 Å². The van der Waals surface area contributed by atoms with Crippen molar-refractivity contribution in [2.45, 2.75) is 31.8 Å². The maximum atomic E-state index is 13.0. The van der Waals surface area contributed by atoms with Crippen molar-refractivity contribution in [2.75, 3.05) is 24.2 Å². The number of carbonyl (C=O) groups excluding carboxylic acids is 2. The van der Waals surface area contributed by atoms with Crippen LogP contribution in [-0.4, -0.2) is 44.2 Å². The Kier molecular flexibility index (Phi) is 5.63. The second kappa shape index (κ2) is 7.84. The number of amides is 2. The predicted octanol–water partition coefficient (Wildman–Crippen LogP) is 2.28. The van der Waals surface area contributed by atoms with E-state index in [0.29, 0.717) is 16.9 Å². The van der Waals surface area contributed by atoms with Gasteiger partial charge in [-0.2, -0.15) is 4.31 Å². The first-order valence-corrected chi connectivity index (χ1v) is 10.5. The number of ether oxygens (including phenoxy) is 1. The average Bonchev–Trinajstić information content (AvgIpc) is 2.62. The lowest BCUT2D eigenvalue weighted by Gasteiger charge is -2.25. The van der Waals surface area contributed by atoms with Gasteiger partial charge in [0, 0.05) is 18.8 Å². The molecule has 0 bridgehead atoms. The van der Waals surface area contributed by atoms with Gasteiger partial charge >= 0.3 is 0 Å². The molecule has 1 aliphatic heterocycles. The molecule has 0 aromatic heterocycles. The molecule has 2 N–H and O–H groups in total. The second-order valence-corrected chi connectivity index (χ2v) is 9.06. The number of rotatable bonds is 5. The molecule has 0 aliphatic carbocycles. The number of fused-ring (bicyclic) bond motifs is 1. The van der Waals surface area contributed by atoms with Crippen LogP contribution in [-0.2, 0) is 19.6 Å². The number of anilines is 2. The molecule has 1 aliphatic rings. The Hall–Kier alpha value is -2.91. The number of likely N-dealkylation sites (N-methyl/N-ethyl adjacent to an activating group) is 1. The van der Waals surface area contributed by atoms with E-state index in [1.54, 1.807) is 32.0 Å². The molecule has 2 aromatic rings. The van der Waals surface area contributed by atoms with Crippen LogP contribution in [0.2, 0.25) is 0 Å². The van der Waals surface area contributed by atoms with Crippen molar-refractivity contribution in [1.82, 2.24) is 4.31 Å². The summed E-state index contributed by atoms with van der Waals surface area (Å²) in [6.07, 6.45) is -0.724. The summed E-state index contributed by atoms with van der Waals surface area (Å²) >= 11 is 0. The van der Waals surface area contributed by atoms with Gasteiger partial charge in [-0.05, 0) is 50.1 Å². The number of benzene rings is 2. The summed E-state index contributed by atoms with van der Waals surface area (Å²) < 4.78 is 32.6. The van der Waals surface area contributed by atoms with Crippen molar-refractivity contribution >= 4 is 33.2 Å². The van der Waals surface area contributed by atoms with Crippen molar-refractivity contribution < 1.29 is 22.7 Å². The summed E-state index contributed by atoms with van der Waals surface area (Å²) in [5.41, 5.74) is 2.44. The summed E-state index contributed by atoms with van der Waals surface area (Å²) in [5, 5.41) is 5.38. The van der Waals surface area contributed by atoms with Crippen molar-refractivity contribution in [1.29, 1.82) is 0 Å². The molecular weight excluding hydrogens is 394 g/mol. The molecule has 0 saturated carbocycles. The molecule has 3 rings (SSSR count). The Labute approximate surface area is 169 Å². The molecule has 0 saturated heterocycles. The molecule has 29 heavy (non-hydrogen) atoms. The van der Waals surface area contributed by atoms with E-state index in [4.69, 9.17) is 4.74 Å². The molecule has 0 radical (unpaired) electrons. The fraction of sp³-hybridized carbons (Fsp3) is 0.300. The van der Waals surface area contributed by atoms with E-state index in [1.165, 1.54) is 13.1 Å². The topological polar surface area (TPSA) is 105 Å². The number of hydrogen-bond acceptors (Lipinski definition) is 5. The van der Waals surface area contributed by atoms with Crippen LogP contribution in [0.15, 0.2) is 41.3 Å². The Morgan fingerprint density at radius 3 is 2.66 bits per heavy atom. The van der Waals surface area contributed by atoms with Crippen molar-refractivity contribution in [3.8, 4) is 5.75 Å². The van der Waals surface area contributed by atoms with Gasteiger partial charge in [0.2, 0.25) is 15.9 Å². The number of sulfonamides is 1. The highest BCUT2D eigenvalue weighted by Gasteiger charge is 2.30. The van der Waals surface area contributed by atoms with E-state index in [0.717, 1.165) is 9.87 Å². The zero-order chi connectivity index (χ0) is 21.3. The van der Waals surface area contributed by atoms with Gasteiger partial charge in [0.05, 0.1) is 17.1 Å². The Bertz CT molecular complexity index is 1080. The highest BCUT2D eigenvalue weighted by Crippen LogP contribution is 2.35. The van der Waals surface area contributed by atoms with Crippen molar-refractivity contribution in [3.63, 3.8) is 0 Å². The Morgan fingerprint density at radius 1 is 1.24 bits per heavy atom. The minimum Gasteiger partial charge on any atom is -0.479 e. The van der Waals surface area contributed by atoms with Gasteiger partial charge in [-0.1, -0.05) is 12.1 Å². The standard InChI is InChI=1S/C20H23N3O5S/c1-12-6-5-7-15(8-12)21-19(24)11-23(4)29(26,27)18-10-17-16(9-13(18)2)22-20(25)14(3)28-17/h5-10,14H,11H2,1-4H3,(H,21,24)(H,22,25)/t14-/m0/s1. The average molecular weight is 417 g/mol. The van der Waals surface area contributed by atoms with Crippen molar-refractivity contribution in [3.05, 3.63) is 47.5 Å². The molecule has 1 heterocycles. The second-order valence-electron chi connectivity index (χ2n) is 7.04. The molecule has 2 aromatic carbocycles. The fourth-order valence-corrected chi connectivity index (χ4v) is 4.34. The molecule has 2 amide bonds. The molecule has 8 nitrogen and oxygen atoms in total. The molecular formula is C20H23N3O5S. The maximum Gasteiger partial charge on any atom is 0.265 e. The predicted molar refractivity (Wildman–Crippen MR) is 110 cm³/mol. The van der Waals surface area contributed by atoms with Gasteiger partial charge in [-0.15, -0.1) is 0 Å². The smallest absolute Gasteiger partial charge is 0.265 e. The third-order valence-electron chi connectivity index (χ3n) is 4.56. The lowest BCUT2D eigenvalue weighted by molar-refractivity contribution is -0.122. The molecule has 154 valence electrons. The maximum absolute atomic E-state index is 13.0. The third kappa shape index (κ3) is 4.41. The van der Waals surface area contributed by atoms with Gasteiger partial charge in [0.25, 0.3) is 5.91 Å². The Morgan fingerprint density at radius 2 is 1.97 bits per heavy atom. The summed E-state index contributed by atoms with van der Waals surface area (Å²) in [7, 11) is -2.61. The normalized spacial score (nSPS) is 16.0. The van der Waals surface area contributed by atoms with E-state index in [1.807, 2.05) is 19.1 Å². The van der Waals surface area contributed by atoms with Gasteiger partial charge < -0.3 is 15.4 Å². The van der Waals surface area contributed by atoms with Crippen LogP contribution < -0.4 is 15.4 Å². The van der Waals surface area contributed by atoms with Crippen LogP contribution in [0.3, 0.4) is 0 Å². The monoisotopic (exact) mass is 417 g/mol. The van der Waals surface area contributed by atoms with Crippen LogP contribution in [0.5, 0.6) is 5.75 Å². The minimum atomic E-state index is -3.95. The first-order chi connectivity index (χ1) is 13.6. The highest BCUT2D eigenvalue weighted by atomic mass is 32.2. The van der Waals surface area contributed by atoms with E-state index in [9.17, 15) is 18.0 Å². The number of nitrogens with one attached hydrogen (secondary N) is 2. The molecule has 0 fully saturated rings. The van der Waals surface area contributed by atoms with Gasteiger partial charge in [-0.25, -0.2) is 8.42 Å². The first kappa shape index (κ1) is 20.8. The lowest BCUT2D eigenvalue weighted by atomic mass is 10.1. The zero-order valence-corrected chi connectivity index (χ0v) is 17.5. The van der Waals surface area contributed by atoms with Gasteiger partial charge in [0.1, 0.15) is 5.75 Å². The quantitative estimate of drug-likeness (QED) is 0.777. The van der Waals surface area contributed by atoms with Crippen molar-refractivity contribution in [2.24, 2.45) is 0 Å². The van der Waals surface area contributed by atoms with Crippen LogP contribution in [0.25, 0.3) is 0 Å². The largest absolute Gasteiger partial charge is 0.479 e. The highest BCUT2D eigenvalue weighted by molar-refractivity contribution is 7.89. The van der Waals surface area contributed by atoms with Gasteiger partial charge in [0.15, 0.2) is 6.10 Å². The van der Waals surface area contributed by atoms with E-state index in [2.05, 4.69) is 10.6 Å². The summed E-state index contributed by atoms with van der Waals surface area (Å²) in [4.78, 5) is 24.1. The summed E-state index contributed by atoms with van der Waals surface area (Å²) in [5.74, 6) is -0.467. The van der Waals surface area contributed by atoms with Crippen LogP contribution in [0.4, 0.5) is 11.4 Å². The number of carbonyl (C=O) groups is 2. The minimum absolute atomic E-state index is 0.0189. The molecule has 0 unspecified atom stereocenters. The van der Waals surface area contributed by atoms with E-state index >= 15 is 0 Å². The van der Waals surface area contributed by atoms with Crippen LogP contribution in [0.1, 0.15) is 18.1 Å². The third-order valence-corrected chi connectivity index (χ3v) is 6.51. The van der Waals surface area contributed by atoms with Crippen LogP contribution in [0, 0.1) is 13.8 Å². The first-order valence-electron chi connectivity index (χ1n) is 9.03.